The van der Waals surface area contributed by atoms with Crippen molar-refractivity contribution in [3.05, 3.63) is 63.9 Å². The van der Waals surface area contributed by atoms with Crippen LogP contribution >= 0.6 is 11.3 Å². The average Bonchev–Trinajstić information content (AvgIpc) is 2.95. The van der Waals surface area contributed by atoms with Crippen molar-refractivity contribution in [2.45, 2.75) is 19.9 Å². The molecular weight excluding hydrogens is 308 g/mol. The van der Waals surface area contributed by atoms with Gasteiger partial charge in [-0.2, -0.15) is 0 Å². The molecule has 23 heavy (non-hydrogen) atoms. The molecule has 0 radical (unpaired) electrons. The molecule has 120 valence electrons. The molecule has 0 spiro atoms. The van der Waals surface area contributed by atoms with Gasteiger partial charge in [-0.3, -0.25) is 9.59 Å². The summed E-state index contributed by atoms with van der Waals surface area (Å²) < 4.78 is 0. The number of nitrogens with two attached hydrogens (primary N) is 1. The zero-order chi connectivity index (χ0) is 16.7. The number of nitrogens with zero attached hydrogens (tertiary/aromatic N) is 1. The third-order valence-corrected chi connectivity index (χ3v) is 4.27. The van der Waals surface area contributed by atoms with E-state index in [1.54, 1.807) is 22.3 Å². The van der Waals surface area contributed by atoms with Crippen LogP contribution in [0.2, 0.25) is 0 Å². The highest BCUT2D eigenvalue weighted by molar-refractivity contribution is 7.12. The SMILES string of the molecule is Cc1ccc(/C=C/C(=O)N(CCC(N)=O)Cc2ccccc2)s1. The Balaban J connectivity index is 2.06. The molecule has 0 saturated heterocycles. The molecule has 1 aromatic carbocycles. The largest absolute Gasteiger partial charge is 0.370 e. The van der Waals surface area contributed by atoms with Crippen LogP contribution in [0.5, 0.6) is 0 Å². The zero-order valence-corrected chi connectivity index (χ0v) is 13.9. The van der Waals surface area contributed by atoms with Gasteiger partial charge in [0.05, 0.1) is 0 Å². The predicted octanol–water partition coefficient (Wildman–Crippen LogP) is 2.97. The van der Waals surface area contributed by atoms with Gasteiger partial charge in [-0.15, -0.1) is 11.3 Å². The molecule has 0 aliphatic rings. The van der Waals surface area contributed by atoms with E-state index in [1.807, 2.05) is 55.5 Å². The molecule has 2 N–H and O–H groups in total. The van der Waals surface area contributed by atoms with Gasteiger partial charge < -0.3 is 10.6 Å². The quantitative estimate of drug-likeness (QED) is 0.794. The second kappa shape index (κ2) is 8.29. The van der Waals surface area contributed by atoms with E-state index >= 15 is 0 Å². The van der Waals surface area contributed by atoms with Crippen molar-refractivity contribution >= 4 is 29.2 Å². The number of benzene rings is 1. The summed E-state index contributed by atoms with van der Waals surface area (Å²) in [5.41, 5.74) is 6.23. The Kier molecular flexibility index (Phi) is 6.11. The lowest BCUT2D eigenvalue weighted by atomic mass is 10.2. The summed E-state index contributed by atoms with van der Waals surface area (Å²) in [6.45, 7) is 2.80. The number of hydrogen-bond donors (Lipinski definition) is 1. The van der Waals surface area contributed by atoms with Crippen molar-refractivity contribution in [3.63, 3.8) is 0 Å². The Morgan fingerprint density at radius 1 is 1.17 bits per heavy atom. The first kappa shape index (κ1) is 17.0. The standard InChI is InChI=1S/C18H20N2O2S/c1-14-7-8-16(23-14)9-10-18(22)20(12-11-17(19)21)13-15-5-3-2-4-6-15/h2-10H,11-13H2,1H3,(H2,19,21)/b10-9+. The molecule has 5 heteroatoms. The maximum atomic E-state index is 12.4. The molecule has 0 aliphatic heterocycles. The molecule has 0 aliphatic carbocycles. The summed E-state index contributed by atoms with van der Waals surface area (Å²) >= 11 is 1.63. The van der Waals surface area contributed by atoms with Gasteiger partial charge in [-0.1, -0.05) is 30.3 Å². The predicted molar refractivity (Wildman–Crippen MR) is 93.8 cm³/mol. The number of hydrogen-bond acceptors (Lipinski definition) is 3. The van der Waals surface area contributed by atoms with Crippen LogP contribution in [0.3, 0.4) is 0 Å². The fraction of sp³-hybridized carbons (Fsp3) is 0.222. The van der Waals surface area contributed by atoms with Crippen LogP contribution in [0.15, 0.2) is 48.5 Å². The number of thiophene rings is 1. The summed E-state index contributed by atoms with van der Waals surface area (Å²) in [7, 11) is 0. The normalized spacial score (nSPS) is 10.8. The number of primary amides is 1. The Bertz CT molecular complexity index is 692. The van der Waals surface area contributed by atoms with Crippen LogP contribution in [0.1, 0.15) is 21.7 Å². The third-order valence-electron chi connectivity index (χ3n) is 3.31. The molecule has 4 nitrogen and oxygen atoms in total. The molecule has 0 unspecified atom stereocenters. The van der Waals surface area contributed by atoms with Crippen LogP contribution in [0.4, 0.5) is 0 Å². The first-order valence-corrected chi connectivity index (χ1v) is 8.22. The molecular formula is C18H20N2O2S. The first-order chi connectivity index (χ1) is 11.0. The van der Waals surface area contributed by atoms with Gasteiger partial charge in [0.15, 0.2) is 0 Å². The monoisotopic (exact) mass is 328 g/mol. The smallest absolute Gasteiger partial charge is 0.246 e. The maximum absolute atomic E-state index is 12.4. The minimum Gasteiger partial charge on any atom is -0.370 e. The molecule has 2 rings (SSSR count). The van der Waals surface area contributed by atoms with Gasteiger partial charge in [0.1, 0.15) is 0 Å². The highest BCUT2D eigenvalue weighted by atomic mass is 32.1. The fourth-order valence-electron chi connectivity index (χ4n) is 2.12. The van der Waals surface area contributed by atoms with Crippen molar-refractivity contribution in [1.29, 1.82) is 0 Å². The summed E-state index contributed by atoms with van der Waals surface area (Å²) in [6.07, 6.45) is 3.52. The van der Waals surface area contributed by atoms with E-state index in [4.69, 9.17) is 5.73 Å². The lowest BCUT2D eigenvalue weighted by Gasteiger charge is -2.20. The van der Waals surface area contributed by atoms with E-state index in [1.165, 1.54) is 4.88 Å². The second-order valence-corrected chi connectivity index (χ2v) is 6.56. The average molecular weight is 328 g/mol. The van der Waals surface area contributed by atoms with Gasteiger partial charge in [-0.25, -0.2) is 0 Å². The van der Waals surface area contributed by atoms with Crippen LogP contribution < -0.4 is 5.73 Å². The van der Waals surface area contributed by atoms with Crippen molar-refractivity contribution < 1.29 is 9.59 Å². The molecule has 1 heterocycles. The van der Waals surface area contributed by atoms with Crippen molar-refractivity contribution in [1.82, 2.24) is 4.90 Å². The van der Waals surface area contributed by atoms with Crippen LogP contribution in [0, 0.1) is 6.92 Å². The van der Waals surface area contributed by atoms with E-state index in [-0.39, 0.29) is 12.3 Å². The van der Waals surface area contributed by atoms with Gasteiger partial charge in [0, 0.05) is 35.3 Å². The highest BCUT2D eigenvalue weighted by Gasteiger charge is 2.12. The molecule has 2 amide bonds. The van der Waals surface area contributed by atoms with Crippen LogP contribution in [0.25, 0.3) is 6.08 Å². The molecule has 0 saturated carbocycles. The lowest BCUT2D eigenvalue weighted by molar-refractivity contribution is -0.127. The Hall–Kier alpha value is -2.40. The van der Waals surface area contributed by atoms with E-state index in [0.717, 1.165) is 10.4 Å². The maximum Gasteiger partial charge on any atom is 0.246 e. The number of carbonyl (C=O) groups excluding carboxylic acids is 2. The minimum absolute atomic E-state index is 0.124. The zero-order valence-electron chi connectivity index (χ0n) is 13.1. The first-order valence-electron chi connectivity index (χ1n) is 7.40. The molecule has 2 aromatic rings. The molecule has 0 bridgehead atoms. The second-order valence-electron chi connectivity index (χ2n) is 5.24. The highest BCUT2D eigenvalue weighted by Crippen LogP contribution is 2.16. The third kappa shape index (κ3) is 5.71. The number of carbonyl (C=O) groups is 2. The summed E-state index contributed by atoms with van der Waals surface area (Å²) in [5.74, 6) is -0.533. The molecule has 1 aromatic heterocycles. The van der Waals surface area contributed by atoms with Crippen molar-refractivity contribution in [2.24, 2.45) is 5.73 Å². The molecule has 0 atom stereocenters. The van der Waals surface area contributed by atoms with E-state index < -0.39 is 5.91 Å². The molecule has 0 fully saturated rings. The van der Waals surface area contributed by atoms with Gasteiger partial charge >= 0.3 is 0 Å². The minimum atomic E-state index is -0.409. The Morgan fingerprint density at radius 2 is 1.91 bits per heavy atom. The van der Waals surface area contributed by atoms with Gasteiger partial charge in [0.2, 0.25) is 11.8 Å². The fourth-order valence-corrected chi connectivity index (χ4v) is 2.90. The Labute approximate surface area is 140 Å². The van der Waals surface area contributed by atoms with Gasteiger partial charge in [0.25, 0.3) is 0 Å². The van der Waals surface area contributed by atoms with E-state index in [2.05, 4.69) is 0 Å². The number of amides is 2. The van der Waals surface area contributed by atoms with Crippen molar-refractivity contribution in [3.8, 4) is 0 Å². The summed E-state index contributed by atoms with van der Waals surface area (Å²) in [6, 6.07) is 13.7. The number of aryl methyl sites for hydroxylation is 1. The summed E-state index contributed by atoms with van der Waals surface area (Å²) in [4.78, 5) is 27.3. The topological polar surface area (TPSA) is 63.4 Å². The summed E-state index contributed by atoms with van der Waals surface area (Å²) in [5, 5.41) is 0. The van der Waals surface area contributed by atoms with E-state index in [0.29, 0.717) is 13.1 Å². The number of rotatable bonds is 7. The lowest BCUT2D eigenvalue weighted by Crippen LogP contribution is -2.32. The van der Waals surface area contributed by atoms with Gasteiger partial charge in [-0.05, 0) is 30.7 Å². The van der Waals surface area contributed by atoms with E-state index in [9.17, 15) is 9.59 Å². The Morgan fingerprint density at radius 3 is 2.52 bits per heavy atom. The van der Waals surface area contributed by atoms with Crippen molar-refractivity contribution in [2.75, 3.05) is 6.54 Å². The van der Waals surface area contributed by atoms with Crippen LogP contribution in [-0.4, -0.2) is 23.3 Å². The van der Waals surface area contributed by atoms with Crippen LogP contribution in [-0.2, 0) is 16.1 Å².